The molecule has 4 aromatic carbocycles. The van der Waals surface area contributed by atoms with Crippen LogP contribution in [0.2, 0.25) is 0 Å². The number of hydrogen-bond donors (Lipinski definition) is 2. The van der Waals surface area contributed by atoms with Crippen LogP contribution in [0, 0.1) is 0 Å². The van der Waals surface area contributed by atoms with Crippen molar-refractivity contribution in [3.05, 3.63) is 118 Å². The van der Waals surface area contributed by atoms with E-state index in [1.54, 1.807) is 42.5 Å². The van der Waals surface area contributed by atoms with E-state index in [1.807, 2.05) is 48.5 Å². The summed E-state index contributed by atoms with van der Waals surface area (Å²) in [6, 6.07) is 27.4. The van der Waals surface area contributed by atoms with Crippen LogP contribution in [-0.2, 0) is 6.61 Å². The number of rotatable bonds is 6. The Morgan fingerprint density at radius 2 is 1.76 bits per heavy atom. The Morgan fingerprint density at radius 1 is 0.974 bits per heavy atom. The summed E-state index contributed by atoms with van der Waals surface area (Å²) in [4.78, 5) is 26.9. The molecule has 0 radical (unpaired) electrons. The second-order valence-electron chi connectivity index (χ2n) is 8.76. The summed E-state index contributed by atoms with van der Waals surface area (Å²) < 4.78 is 17.5. The Kier molecular flexibility index (Phi) is 6.35. The van der Waals surface area contributed by atoms with Crippen molar-refractivity contribution in [3.8, 4) is 17.2 Å². The highest BCUT2D eigenvalue weighted by atomic mass is 79.9. The first kappa shape index (κ1) is 23.9. The van der Waals surface area contributed by atoms with Crippen LogP contribution in [0.3, 0.4) is 0 Å². The van der Waals surface area contributed by atoms with E-state index in [0.717, 1.165) is 15.6 Å². The van der Waals surface area contributed by atoms with Gasteiger partial charge in [0.1, 0.15) is 18.5 Å². The van der Waals surface area contributed by atoms with Crippen LogP contribution in [0.25, 0.3) is 0 Å². The number of nitrogens with one attached hydrogen (secondary N) is 2. The summed E-state index contributed by atoms with van der Waals surface area (Å²) in [6.07, 6.45) is -0.678. The molecule has 1 atom stereocenters. The third kappa shape index (κ3) is 4.76. The Balaban J connectivity index is 1.24. The minimum Gasteiger partial charge on any atom is -0.489 e. The van der Waals surface area contributed by atoms with E-state index in [9.17, 15) is 9.59 Å². The van der Waals surface area contributed by atoms with Crippen molar-refractivity contribution in [1.82, 2.24) is 10.4 Å². The zero-order valence-electron chi connectivity index (χ0n) is 20.0. The monoisotopic (exact) mass is 571 g/mol. The molecule has 8 nitrogen and oxygen atoms in total. The van der Waals surface area contributed by atoms with Crippen LogP contribution < -0.4 is 25.0 Å². The number of ether oxygens (including phenoxy) is 3. The summed E-state index contributed by atoms with van der Waals surface area (Å²) >= 11 is 3.43. The van der Waals surface area contributed by atoms with Gasteiger partial charge in [-0.2, -0.15) is 0 Å². The zero-order chi connectivity index (χ0) is 26.1. The molecule has 6 rings (SSSR count). The molecule has 2 aliphatic heterocycles. The Morgan fingerprint density at radius 3 is 2.58 bits per heavy atom. The van der Waals surface area contributed by atoms with Gasteiger partial charge in [0.05, 0.1) is 5.56 Å². The molecule has 0 aliphatic carbocycles. The van der Waals surface area contributed by atoms with Crippen molar-refractivity contribution in [2.24, 2.45) is 0 Å². The lowest BCUT2D eigenvalue weighted by molar-refractivity contribution is 0.0490. The first-order valence-electron chi connectivity index (χ1n) is 11.9. The lowest BCUT2D eigenvalue weighted by Gasteiger charge is -2.37. The first-order valence-corrected chi connectivity index (χ1v) is 12.7. The molecule has 2 amide bonds. The van der Waals surface area contributed by atoms with E-state index >= 15 is 0 Å². The van der Waals surface area contributed by atoms with E-state index < -0.39 is 12.1 Å². The van der Waals surface area contributed by atoms with Crippen LogP contribution >= 0.6 is 15.9 Å². The molecule has 0 fully saturated rings. The molecule has 2 aliphatic rings. The molecule has 2 N–H and O–H groups in total. The van der Waals surface area contributed by atoms with Crippen LogP contribution in [0.1, 0.15) is 38.0 Å². The number of halogens is 1. The number of benzene rings is 4. The number of fused-ring (bicyclic) bond motifs is 2. The largest absolute Gasteiger partial charge is 0.489 e. The maximum atomic E-state index is 13.6. The fraction of sp³-hybridized carbons (Fsp3) is 0.103. The van der Waals surface area contributed by atoms with Crippen molar-refractivity contribution in [2.45, 2.75) is 12.8 Å². The average Bonchev–Trinajstić information content (AvgIpc) is 3.42. The van der Waals surface area contributed by atoms with Crippen molar-refractivity contribution >= 4 is 33.4 Å². The van der Waals surface area contributed by atoms with E-state index in [1.165, 1.54) is 5.01 Å². The SMILES string of the molecule is O=C(NN1C(=O)c2cc(Br)ccc2N[C@@H]1c1ccc2c(c1)OCO2)c1ccc(OCc2ccccc2)cc1. The number of hydrogen-bond acceptors (Lipinski definition) is 6. The molecule has 0 spiro atoms. The van der Waals surface area contributed by atoms with Crippen molar-refractivity contribution in [2.75, 3.05) is 12.1 Å². The summed E-state index contributed by atoms with van der Waals surface area (Å²) in [5.41, 5.74) is 6.04. The second kappa shape index (κ2) is 10.1. The van der Waals surface area contributed by atoms with Crippen LogP contribution in [0.15, 0.2) is 95.5 Å². The second-order valence-corrected chi connectivity index (χ2v) is 9.68. The lowest BCUT2D eigenvalue weighted by Crippen LogP contribution is -2.52. The summed E-state index contributed by atoms with van der Waals surface area (Å²) in [6.45, 7) is 0.560. The molecule has 4 aromatic rings. The topological polar surface area (TPSA) is 89.1 Å². The summed E-state index contributed by atoms with van der Waals surface area (Å²) in [5, 5.41) is 4.66. The van der Waals surface area contributed by atoms with Gasteiger partial charge in [0, 0.05) is 21.3 Å². The number of nitrogens with zero attached hydrogens (tertiary/aromatic N) is 1. The molecular weight excluding hydrogens is 550 g/mol. The first-order chi connectivity index (χ1) is 18.5. The number of carbonyl (C=O) groups is 2. The standard InChI is InChI=1S/C29H22BrN3O5/c30-21-9-12-24-23(15-21)29(35)33(27(31-24)20-8-13-25-26(14-20)38-17-37-25)32-28(34)19-6-10-22(11-7-19)36-16-18-4-2-1-3-5-18/h1-15,27,31H,16-17H2,(H,32,34)/t27-/m0/s1. The van der Waals surface area contributed by atoms with Crippen molar-refractivity contribution < 1.29 is 23.8 Å². The van der Waals surface area contributed by atoms with Gasteiger partial charge in [-0.3, -0.25) is 15.0 Å². The van der Waals surface area contributed by atoms with E-state index in [-0.39, 0.29) is 12.7 Å². The fourth-order valence-electron chi connectivity index (χ4n) is 4.33. The minimum atomic E-state index is -0.678. The molecule has 9 heteroatoms. The Bertz CT molecular complexity index is 1510. The van der Waals surface area contributed by atoms with Gasteiger partial charge in [-0.15, -0.1) is 0 Å². The molecule has 0 saturated carbocycles. The third-order valence-electron chi connectivity index (χ3n) is 6.28. The smallest absolute Gasteiger partial charge is 0.276 e. The number of hydrazine groups is 1. The Hall–Kier alpha value is -4.50. The van der Waals surface area contributed by atoms with E-state index in [2.05, 4.69) is 26.7 Å². The van der Waals surface area contributed by atoms with Crippen molar-refractivity contribution in [3.63, 3.8) is 0 Å². The number of amides is 2. The summed E-state index contributed by atoms with van der Waals surface area (Å²) in [7, 11) is 0. The molecule has 38 heavy (non-hydrogen) atoms. The van der Waals surface area contributed by atoms with E-state index in [0.29, 0.717) is 40.7 Å². The predicted molar refractivity (Wildman–Crippen MR) is 144 cm³/mol. The quantitative estimate of drug-likeness (QED) is 0.310. The van der Waals surface area contributed by atoms with Crippen LogP contribution in [0.4, 0.5) is 5.69 Å². The van der Waals surface area contributed by atoms with Gasteiger partial charge >= 0.3 is 0 Å². The molecule has 190 valence electrons. The predicted octanol–water partition coefficient (Wildman–Crippen LogP) is 5.67. The molecule has 2 heterocycles. The maximum absolute atomic E-state index is 13.6. The summed E-state index contributed by atoms with van der Waals surface area (Å²) in [5.74, 6) is 1.07. The van der Waals surface area contributed by atoms with Gasteiger partial charge in [-0.1, -0.05) is 52.3 Å². The van der Waals surface area contributed by atoms with Crippen molar-refractivity contribution in [1.29, 1.82) is 0 Å². The van der Waals surface area contributed by atoms with Gasteiger partial charge in [-0.25, -0.2) is 5.01 Å². The average molecular weight is 572 g/mol. The number of anilines is 1. The lowest BCUT2D eigenvalue weighted by atomic mass is 10.0. The molecule has 0 bridgehead atoms. The van der Waals surface area contributed by atoms with Gasteiger partial charge in [0.2, 0.25) is 6.79 Å². The van der Waals surface area contributed by atoms with Crippen LogP contribution in [-0.4, -0.2) is 23.6 Å². The fourth-order valence-corrected chi connectivity index (χ4v) is 4.69. The normalized spacial score (nSPS) is 15.4. The zero-order valence-corrected chi connectivity index (χ0v) is 21.6. The third-order valence-corrected chi connectivity index (χ3v) is 6.77. The molecule has 0 aromatic heterocycles. The highest BCUT2D eigenvalue weighted by Crippen LogP contribution is 2.38. The molecular formula is C29H22BrN3O5. The minimum absolute atomic E-state index is 0.137. The van der Waals surface area contributed by atoms with Crippen LogP contribution in [0.5, 0.6) is 17.2 Å². The highest BCUT2D eigenvalue weighted by molar-refractivity contribution is 9.10. The Labute approximate surface area is 227 Å². The highest BCUT2D eigenvalue weighted by Gasteiger charge is 2.35. The van der Waals surface area contributed by atoms with Gasteiger partial charge in [-0.05, 0) is 60.2 Å². The number of carbonyl (C=O) groups excluding carboxylic acids is 2. The maximum Gasteiger partial charge on any atom is 0.276 e. The molecule has 0 unspecified atom stereocenters. The van der Waals surface area contributed by atoms with E-state index in [4.69, 9.17) is 14.2 Å². The van der Waals surface area contributed by atoms with Gasteiger partial charge in [0.15, 0.2) is 11.5 Å². The molecule has 0 saturated heterocycles. The van der Waals surface area contributed by atoms with Gasteiger partial charge in [0.25, 0.3) is 11.8 Å². The van der Waals surface area contributed by atoms with Gasteiger partial charge < -0.3 is 19.5 Å².